The van der Waals surface area contributed by atoms with Gasteiger partial charge in [-0.2, -0.15) is 0 Å². The standard InChI is InChI=1S/C27H37N3O6/c1-27(2,3)36-26(34)29-22(18-20-12-7-5-8-13-20)23(31)24(32)30(4)17-11-16-28-25(33)35-19-21-14-9-6-10-15-21/h5-10,12-15,22-23,31H,11,16-19H2,1-4H3,(H,28,33)(H,29,34)/t22-,23+/m1/s1. The Bertz CT molecular complexity index is 962. The number of carbonyl (C=O) groups excluding carboxylic acids is 3. The van der Waals surface area contributed by atoms with Crippen LogP contribution in [0.2, 0.25) is 0 Å². The van der Waals surface area contributed by atoms with Crippen molar-refractivity contribution in [1.82, 2.24) is 15.5 Å². The van der Waals surface area contributed by atoms with E-state index in [9.17, 15) is 19.5 Å². The van der Waals surface area contributed by atoms with E-state index in [0.717, 1.165) is 11.1 Å². The van der Waals surface area contributed by atoms with E-state index in [1.165, 1.54) is 4.90 Å². The minimum Gasteiger partial charge on any atom is -0.445 e. The van der Waals surface area contributed by atoms with Crippen LogP contribution in [0, 0.1) is 0 Å². The molecular formula is C27H37N3O6. The maximum atomic E-state index is 12.9. The monoisotopic (exact) mass is 499 g/mol. The van der Waals surface area contributed by atoms with Crippen LogP contribution in [0.3, 0.4) is 0 Å². The molecule has 3 amide bonds. The van der Waals surface area contributed by atoms with Crippen LogP contribution in [0.25, 0.3) is 0 Å². The van der Waals surface area contributed by atoms with E-state index >= 15 is 0 Å². The first-order valence-electron chi connectivity index (χ1n) is 12.0. The largest absolute Gasteiger partial charge is 0.445 e. The number of rotatable bonds is 11. The van der Waals surface area contributed by atoms with Crippen LogP contribution in [-0.4, -0.2) is 66.0 Å². The number of aliphatic hydroxyl groups is 1. The van der Waals surface area contributed by atoms with E-state index in [4.69, 9.17) is 9.47 Å². The number of carbonyl (C=O) groups is 3. The number of nitrogens with one attached hydrogen (secondary N) is 2. The Labute approximate surface area is 212 Å². The molecule has 0 unspecified atom stereocenters. The molecule has 9 nitrogen and oxygen atoms in total. The van der Waals surface area contributed by atoms with E-state index in [1.807, 2.05) is 60.7 Å². The van der Waals surface area contributed by atoms with Gasteiger partial charge in [0.05, 0.1) is 6.04 Å². The predicted octanol–water partition coefficient (Wildman–Crippen LogP) is 3.26. The molecule has 0 saturated heterocycles. The summed E-state index contributed by atoms with van der Waals surface area (Å²) in [4.78, 5) is 38.5. The molecule has 36 heavy (non-hydrogen) atoms. The number of benzene rings is 2. The number of ether oxygens (including phenoxy) is 2. The van der Waals surface area contributed by atoms with Crippen molar-refractivity contribution in [3.8, 4) is 0 Å². The summed E-state index contributed by atoms with van der Waals surface area (Å²) in [6, 6.07) is 17.7. The molecule has 0 aliphatic heterocycles. The van der Waals surface area contributed by atoms with E-state index < -0.39 is 35.8 Å². The Kier molecular flexibility index (Phi) is 11.2. The molecule has 0 bridgehead atoms. The molecular weight excluding hydrogens is 462 g/mol. The Morgan fingerprint density at radius 3 is 2.11 bits per heavy atom. The fourth-order valence-corrected chi connectivity index (χ4v) is 3.36. The van der Waals surface area contributed by atoms with Crippen molar-refractivity contribution < 1.29 is 29.0 Å². The summed E-state index contributed by atoms with van der Waals surface area (Å²) < 4.78 is 10.5. The van der Waals surface area contributed by atoms with Crippen molar-refractivity contribution >= 4 is 18.1 Å². The predicted molar refractivity (Wildman–Crippen MR) is 136 cm³/mol. The Morgan fingerprint density at radius 1 is 0.944 bits per heavy atom. The van der Waals surface area contributed by atoms with Gasteiger partial charge >= 0.3 is 12.2 Å². The lowest BCUT2D eigenvalue weighted by atomic mass is 10.0. The van der Waals surface area contributed by atoms with Crippen LogP contribution in [0.15, 0.2) is 60.7 Å². The van der Waals surface area contributed by atoms with Crippen LogP contribution in [-0.2, 0) is 27.3 Å². The summed E-state index contributed by atoms with van der Waals surface area (Å²) in [5, 5.41) is 16.1. The fourth-order valence-electron chi connectivity index (χ4n) is 3.36. The third-order valence-corrected chi connectivity index (χ3v) is 5.16. The van der Waals surface area contributed by atoms with Gasteiger partial charge in [0.15, 0.2) is 6.10 Å². The van der Waals surface area contributed by atoms with E-state index in [1.54, 1.807) is 27.8 Å². The zero-order valence-electron chi connectivity index (χ0n) is 21.4. The van der Waals surface area contributed by atoms with E-state index in [2.05, 4.69) is 10.6 Å². The van der Waals surface area contributed by atoms with Crippen LogP contribution in [0.4, 0.5) is 9.59 Å². The van der Waals surface area contributed by atoms with E-state index in [0.29, 0.717) is 19.5 Å². The first-order chi connectivity index (χ1) is 17.0. The second-order valence-corrected chi connectivity index (χ2v) is 9.49. The summed E-state index contributed by atoms with van der Waals surface area (Å²) in [7, 11) is 1.56. The molecule has 2 rings (SSSR count). The number of amides is 3. The highest BCUT2D eigenvalue weighted by Gasteiger charge is 2.31. The molecule has 2 atom stereocenters. The average Bonchev–Trinajstić information content (AvgIpc) is 2.84. The Morgan fingerprint density at radius 2 is 1.53 bits per heavy atom. The normalized spacial score (nSPS) is 12.7. The maximum Gasteiger partial charge on any atom is 0.407 e. The van der Waals surface area contributed by atoms with Crippen LogP contribution >= 0.6 is 0 Å². The molecule has 0 aliphatic carbocycles. The highest BCUT2D eigenvalue weighted by atomic mass is 16.6. The van der Waals surface area contributed by atoms with Crippen molar-refractivity contribution in [1.29, 1.82) is 0 Å². The number of hydrogen-bond acceptors (Lipinski definition) is 6. The first kappa shape index (κ1) is 28.6. The van der Waals surface area contributed by atoms with Crippen LogP contribution in [0.5, 0.6) is 0 Å². The molecule has 0 radical (unpaired) electrons. The molecule has 2 aromatic rings. The van der Waals surface area contributed by atoms with Crippen molar-refractivity contribution in [2.24, 2.45) is 0 Å². The van der Waals surface area contributed by atoms with Crippen LogP contribution in [0.1, 0.15) is 38.3 Å². The molecule has 0 spiro atoms. The number of hydrogen-bond donors (Lipinski definition) is 3. The number of alkyl carbamates (subject to hydrolysis) is 2. The zero-order chi connectivity index (χ0) is 26.6. The van der Waals surface area contributed by atoms with Gasteiger partial charge in [0.2, 0.25) is 0 Å². The summed E-state index contributed by atoms with van der Waals surface area (Å²) in [5.74, 6) is -0.543. The van der Waals surface area contributed by atoms with Crippen molar-refractivity contribution in [3.05, 3.63) is 71.8 Å². The quantitative estimate of drug-likeness (QED) is 0.409. The van der Waals surface area contributed by atoms with Crippen LogP contribution < -0.4 is 10.6 Å². The summed E-state index contributed by atoms with van der Waals surface area (Å²) in [6.07, 6.45) is -2.03. The molecule has 3 N–H and O–H groups in total. The molecule has 0 aromatic heterocycles. The van der Waals surface area contributed by atoms with Gasteiger partial charge in [-0.05, 0) is 44.7 Å². The van der Waals surface area contributed by atoms with Gasteiger partial charge in [-0.15, -0.1) is 0 Å². The molecule has 0 saturated carbocycles. The Hall–Kier alpha value is -3.59. The van der Waals surface area contributed by atoms with Gasteiger partial charge < -0.3 is 30.1 Å². The molecule has 9 heteroatoms. The molecule has 0 heterocycles. The molecule has 0 aliphatic rings. The maximum absolute atomic E-state index is 12.9. The second-order valence-electron chi connectivity index (χ2n) is 9.49. The van der Waals surface area contributed by atoms with Gasteiger partial charge in [0.25, 0.3) is 5.91 Å². The molecule has 0 fully saturated rings. The lowest BCUT2D eigenvalue weighted by Crippen LogP contribution is -2.53. The lowest BCUT2D eigenvalue weighted by molar-refractivity contribution is -0.140. The van der Waals surface area contributed by atoms with Gasteiger partial charge in [0, 0.05) is 20.1 Å². The minimum absolute atomic E-state index is 0.171. The highest BCUT2D eigenvalue weighted by molar-refractivity contribution is 5.82. The van der Waals surface area contributed by atoms with Gasteiger partial charge in [-0.3, -0.25) is 4.79 Å². The number of likely N-dealkylation sites (N-methyl/N-ethyl adjacent to an activating group) is 1. The number of nitrogens with zero attached hydrogens (tertiary/aromatic N) is 1. The topological polar surface area (TPSA) is 117 Å². The summed E-state index contributed by atoms with van der Waals surface area (Å²) in [5.41, 5.74) is 1.02. The van der Waals surface area contributed by atoms with Crippen molar-refractivity contribution in [2.45, 2.75) is 58.0 Å². The fraction of sp³-hybridized carbons (Fsp3) is 0.444. The van der Waals surface area contributed by atoms with E-state index in [-0.39, 0.29) is 13.0 Å². The smallest absolute Gasteiger partial charge is 0.407 e. The summed E-state index contributed by atoms with van der Waals surface area (Å²) in [6.45, 7) is 5.97. The SMILES string of the molecule is CN(CCCNC(=O)OCc1ccccc1)C(=O)[C@@H](O)[C@@H](Cc1ccccc1)NC(=O)OC(C)(C)C. The molecule has 2 aromatic carbocycles. The van der Waals surface area contributed by atoms with Gasteiger partial charge in [-0.1, -0.05) is 60.7 Å². The number of aliphatic hydroxyl groups excluding tert-OH is 1. The minimum atomic E-state index is -1.48. The summed E-state index contributed by atoms with van der Waals surface area (Å²) >= 11 is 0. The van der Waals surface area contributed by atoms with Gasteiger partial charge in [0.1, 0.15) is 12.2 Å². The van der Waals surface area contributed by atoms with Gasteiger partial charge in [-0.25, -0.2) is 9.59 Å². The average molecular weight is 500 g/mol. The third kappa shape index (κ3) is 10.8. The molecule has 196 valence electrons. The Balaban J connectivity index is 1.84. The van der Waals surface area contributed by atoms with Crippen molar-refractivity contribution in [2.75, 3.05) is 20.1 Å². The first-order valence-corrected chi connectivity index (χ1v) is 12.0. The highest BCUT2D eigenvalue weighted by Crippen LogP contribution is 2.12. The second kappa shape index (κ2) is 14.1. The lowest BCUT2D eigenvalue weighted by Gasteiger charge is -2.28. The van der Waals surface area contributed by atoms with Crippen molar-refractivity contribution in [3.63, 3.8) is 0 Å². The zero-order valence-corrected chi connectivity index (χ0v) is 21.4. The third-order valence-electron chi connectivity index (χ3n) is 5.16.